The van der Waals surface area contributed by atoms with Gasteiger partial charge in [-0.2, -0.15) is 0 Å². The molecule has 0 saturated carbocycles. The third-order valence-electron chi connectivity index (χ3n) is 5.31. The highest BCUT2D eigenvalue weighted by Gasteiger charge is 2.12. The van der Waals surface area contributed by atoms with Crippen LogP contribution in [0.3, 0.4) is 0 Å². The highest BCUT2D eigenvalue weighted by atomic mass is 32.1. The summed E-state index contributed by atoms with van der Waals surface area (Å²) in [5, 5.41) is 8.02. The Morgan fingerprint density at radius 2 is 1.53 bits per heavy atom. The van der Waals surface area contributed by atoms with Crippen LogP contribution in [-0.2, 0) is 0 Å². The maximum Gasteiger partial charge on any atom is 0.166 e. The number of aromatic nitrogens is 2. The van der Waals surface area contributed by atoms with Crippen molar-refractivity contribution < 1.29 is 4.42 Å². The SMILES string of the molecule is Cc1ccc(-c2ccc(NCCNc3nc(-c4ccoc4)nc4sc(C)cc34)cc2)cc1. The molecule has 0 aliphatic heterocycles. The molecule has 0 amide bonds. The van der Waals surface area contributed by atoms with Gasteiger partial charge in [-0.1, -0.05) is 42.0 Å². The molecule has 3 heterocycles. The van der Waals surface area contributed by atoms with E-state index >= 15 is 0 Å². The van der Waals surface area contributed by atoms with Gasteiger partial charge in [-0.3, -0.25) is 0 Å². The molecule has 0 unspecified atom stereocenters. The number of rotatable bonds is 7. The Kier molecular flexibility index (Phi) is 5.60. The lowest BCUT2D eigenvalue weighted by Crippen LogP contribution is -2.14. The van der Waals surface area contributed by atoms with Gasteiger partial charge in [0.2, 0.25) is 0 Å². The molecule has 0 bridgehead atoms. The number of furan rings is 1. The molecule has 2 N–H and O–H groups in total. The first-order valence-electron chi connectivity index (χ1n) is 10.6. The quantitative estimate of drug-likeness (QED) is 0.274. The van der Waals surface area contributed by atoms with Crippen LogP contribution in [0.4, 0.5) is 11.5 Å². The lowest BCUT2D eigenvalue weighted by atomic mass is 10.0. The number of thiophene rings is 1. The Hall–Kier alpha value is -3.64. The molecule has 5 rings (SSSR count). The zero-order valence-electron chi connectivity index (χ0n) is 18.1. The minimum atomic E-state index is 0.676. The number of hydrogen-bond acceptors (Lipinski definition) is 6. The summed E-state index contributed by atoms with van der Waals surface area (Å²) in [6.45, 7) is 5.72. The number of aryl methyl sites for hydroxylation is 2. The molecular weight excluding hydrogens is 416 g/mol. The fourth-order valence-electron chi connectivity index (χ4n) is 3.61. The van der Waals surface area contributed by atoms with Crippen LogP contribution in [0.5, 0.6) is 0 Å². The number of hydrogen-bond donors (Lipinski definition) is 2. The maximum atomic E-state index is 5.21. The largest absolute Gasteiger partial charge is 0.472 e. The van der Waals surface area contributed by atoms with Crippen LogP contribution in [0.25, 0.3) is 32.7 Å². The van der Waals surface area contributed by atoms with Gasteiger partial charge in [-0.25, -0.2) is 9.97 Å². The molecular formula is C26H24N4OS. The molecule has 5 aromatic rings. The molecule has 160 valence electrons. The van der Waals surface area contributed by atoms with Crippen molar-refractivity contribution in [3.63, 3.8) is 0 Å². The predicted molar refractivity (Wildman–Crippen MR) is 133 cm³/mol. The first kappa shape index (κ1) is 20.3. The maximum absolute atomic E-state index is 5.21. The first-order valence-corrected chi connectivity index (χ1v) is 11.4. The summed E-state index contributed by atoms with van der Waals surface area (Å²) >= 11 is 1.68. The van der Waals surface area contributed by atoms with Crippen molar-refractivity contribution in [2.45, 2.75) is 13.8 Å². The Balaban J connectivity index is 1.24. The Bertz CT molecular complexity index is 1320. The second kappa shape index (κ2) is 8.85. The van der Waals surface area contributed by atoms with E-state index in [9.17, 15) is 0 Å². The minimum Gasteiger partial charge on any atom is -0.472 e. The summed E-state index contributed by atoms with van der Waals surface area (Å²) in [6, 6.07) is 21.2. The number of fused-ring (bicyclic) bond motifs is 1. The third kappa shape index (κ3) is 4.36. The number of nitrogens with one attached hydrogen (secondary N) is 2. The fourth-order valence-corrected chi connectivity index (χ4v) is 4.49. The molecule has 0 fully saturated rings. The van der Waals surface area contributed by atoms with E-state index in [0.717, 1.165) is 40.4 Å². The number of benzene rings is 2. The van der Waals surface area contributed by atoms with Crippen molar-refractivity contribution in [2.24, 2.45) is 0 Å². The van der Waals surface area contributed by atoms with Crippen LogP contribution in [0.2, 0.25) is 0 Å². The van der Waals surface area contributed by atoms with E-state index in [4.69, 9.17) is 14.4 Å². The average molecular weight is 441 g/mol. The van der Waals surface area contributed by atoms with Crippen LogP contribution < -0.4 is 10.6 Å². The molecule has 0 spiro atoms. The van der Waals surface area contributed by atoms with Gasteiger partial charge in [-0.15, -0.1) is 11.3 Å². The van der Waals surface area contributed by atoms with E-state index in [1.165, 1.54) is 21.6 Å². The van der Waals surface area contributed by atoms with E-state index in [1.54, 1.807) is 23.9 Å². The zero-order chi connectivity index (χ0) is 21.9. The monoisotopic (exact) mass is 440 g/mol. The topological polar surface area (TPSA) is 63.0 Å². The molecule has 0 radical (unpaired) electrons. The van der Waals surface area contributed by atoms with Crippen molar-refractivity contribution in [3.8, 4) is 22.5 Å². The summed E-state index contributed by atoms with van der Waals surface area (Å²) in [4.78, 5) is 11.7. The molecule has 3 aromatic heterocycles. The third-order valence-corrected chi connectivity index (χ3v) is 6.26. The Labute approximate surface area is 191 Å². The van der Waals surface area contributed by atoms with Gasteiger partial charge in [0.1, 0.15) is 16.9 Å². The van der Waals surface area contributed by atoms with Gasteiger partial charge >= 0.3 is 0 Å². The van der Waals surface area contributed by atoms with Crippen molar-refractivity contribution in [3.05, 3.63) is 83.6 Å². The molecule has 0 atom stereocenters. The van der Waals surface area contributed by atoms with Crippen LogP contribution in [-0.4, -0.2) is 23.1 Å². The second-order valence-electron chi connectivity index (χ2n) is 7.78. The summed E-state index contributed by atoms with van der Waals surface area (Å²) in [7, 11) is 0. The van der Waals surface area contributed by atoms with E-state index in [0.29, 0.717) is 5.82 Å². The average Bonchev–Trinajstić information content (AvgIpc) is 3.47. The van der Waals surface area contributed by atoms with Crippen LogP contribution in [0.1, 0.15) is 10.4 Å². The molecule has 2 aromatic carbocycles. The predicted octanol–water partition coefficient (Wildman–Crippen LogP) is 6.76. The van der Waals surface area contributed by atoms with Crippen molar-refractivity contribution in [1.82, 2.24) is 9.97 Å². The molecule has 6 heteroatoms. The standard InChI is InChI=1S/C26H24N4OS/c1-17-3-5-19(6-4-17)20-7-9-22(10-8-20)27-12-13-28-25-23-15-18(2)32-26(23)30-24(29-25)21-11-14-31-16-21/h3-11,14-16,27H,12-13H2,1-2H3,(H,28,29,30). The highest BCUT2D eigenvalue weighted by Crippen LogP contribution is 2.31. The number of nitrogens with zero attached hydrogens (tertiary/aromatic N) is 2. The first-order chi connectivity index (χ1) is 15.7. The molecule has 0 aliphatic rings. The van der Waals surface area contributed by atoms with E-state index in [1.807, 2.05) is 6.07 Å². The van der Waals surface area contributed by atoms with Gasteiger partial charge in [0, 0.05) is 23.7 Å². The summed E-state index contributed by atoms with van der Waals surface area (Å²) < 4.78 is 5.21. The van der Waals surface area contributed by atoms with Crippen LogP contribution >= 0.6 is 11.3 Å². The summed E-state index contributed by atoms with van der Waals surface area (Å²) in [5.74, 6) is 1.53. The van der Waals surface area contributed by atoms with E-state index < -0.39 is 0 Å². The fraction of sp³-hybridized carbons (Fsp3) is 0.154. The van der Waals surface area contributed by atoms with Gasteiger partial charge in [-0.05, 0) is 49.2 Å². The van der Waals surface area contributed by atoms with Crippen molar-refractivity contribution in [2.75, 3.05) is 23.7 Å². The normalized spacial score (nSPS) is 11.1. The van der Waals surface area contributed by atoms with Crippen molar-refractivity contribution >= 4 is 33.1 Å². The second-order valence-corrected chi connectivity index (χ2v) is 9.02. The van der Waals surface area contributed by atoms with E-state index in [2.05, 4.69) is 79.1 Å². The van der Waals surface area contributed by atoms with E-state index in [-0.39, 0.29) is 0 Å². The zero-order valence-corrected chi connectivity index (χ0v) is 18.9. The van der Waals surface area contributed by atoms with Crippen LogP contribution in [0.15, 0.2) is 77.6 Å². The molecule has 0 aliphatic carbocycles. The Morgan fingerprint density at radius 1 is 0.812 bits per heavy atom. The smallest absolute Gasteiger partial charge is 0.166 e. The highest BCUT2D eigenvalue weighted by molar-refractivity contribution is 7.18. The molecule has 5 nitrogen and oxygen atoms in total. The lowest BCUT2D eigenvalue weighted by molar-refractivity contribution is 0.568. The van der Waals surface area contributed by atoms with Crippen molar-refractivity contribution in [1.29, 1.82) is 0 Å². The lowest BCUT2D eigenvalue weighted by Gasteiger charge is -2.11. The summed E-state index contributed by atoms with van der Waals surface area (Å²) in [6.07, 6.45) is 3.32. The minimum absolute atomic E-state index is 0.676. The molecule has 0 saturated heterocycles. The molecule has 32 heavy (non-hydrogen) atoms. The van der Waals surface area contributed by atoms with Gasteiger partial charge in [0.15, 0.2) is 5.82 Å². The van der Waals surface area contributed by atoms with Gasteiger partial charge < -0.3 is 15.1 Å². The van der Waals surface area contributed by atoms with Gasteiger partial charge in [0.05, 0.1) is 17.2 Å². The summed E-state index contributed by atoms with van der Waals surface area (Å²) in [5.41, 5.74) is 5.71. The Morgan fingerprint density at radius 3 is 2.25 bits per heavy atom. The van der Waals surface area contributed by atoms with Crippen LogP contribution in [0, 0.1) is 13.8 Å². The van der Waals surface area contributed by atoms with Gasteiger partial charge in [0.25, 0.3) is 0 Å². The number of anilines is 2.